The van der Waals surface area contributed by atoms with Crippen molar-refractivity contribution >= 4 is 0 Å². The van der Waals surface area contributed by atoms with E-state index in [4.69, 9.17) is 5.11 Å². The van der Waals surface area contributed by atoms with Gasteiger partial charge in [0.2, 0.25) is 0 Å². The van der Waals surface area contributed by atoms with Crippen LogP contribution in [0.1, 0.15) is 24.3 Å². The highest BCUT2D eigenvalue weighted by Gasteiger charge is 2.27. The van der Waals surface area contributed by atoms with Crippen molar-refractivity contribution in [2.45, 2.75) is 24.8 Å². The Morgan fingerprint density at radius 3 is 2.60 bits per heavy atom. The van der Waals surface area contributed by atoms with E-state index in [-0.39, 0.29) is 13.2 Å². The molecule has 0 aliphatic carbocycles. The zero-order valence-electron chi connectivity index (χ0n) is 12.0. The highest BCUT2D eigenvalue weighted by Crippen LogP contribution is 2.26. The number of likely N-dealkylation sites (tertiary alicyclic amines) is 1. The lowest BCUT2D eigenvalue weighted by Gasteiger charge is -2.38. The summed E-state index contributed by atoms with van der Waals surface area (Å²) in [5.41, 5.74) is 1.38. The molecule has 2 unspecified atom stereocenters. The smallest absolute Gasteiger partial charge is 0.0558 e. The molecule has 4 nitrogen and oxygen atoms in total. The van der Waals surface area contributed by atoms with Crippen molar-refractivity contribution in [3.05, 3.63) is 35.9 Å². The van der Waals surface area contributed by atoms with Gasteiger partial charge in [0.05, 0.1) is 6.61 Å². The van der Waals surface area contributed by atoms with Crippen molar-refractivity contribution in [2.75, 3.05) is 39.4 Å². The largest absolute Gasteiger partial charge is 0.396 e. The number of nitrogens with one attached hydrogen (secondary N) is 1. The summed E-state index contributed by atoms with van der Waals surface area (Å²) in [6, 6.07) is 11.1. The molecule has 0 radical (unpaired) electrons. The first kappa shape index (κ1) is 15.4. The number of β-amino-alcohol motifs (C(OH)–C–C–N with tert-alkyl or cyclic N) is 1. The van der Waals surface area contributed by atoms with Crippen LogP contribution in [-0.2, 0) is 0 Å². The van der Waals surface area contributed by atoms with E-state index in [1.165, 1.54) is 5.56 Å². The Morgan fingerprint density at radius 1 is 1.10 bits per heavy atom. The van der Waals surface area contributed by atoms with Gasteiger partial charge >= 0.3 is 0 Å². The summed E-state index contributed by atoms with van der Waals surface area (Å²) in [6.45, 7) is 4.04. The Hall–Kier alpha value is -0.940. The van der Waals surface area contributed by atoms with Gasteiger partial charge in [0.1, 0.15) is 0 Å². The van der Waals surface area contributed by atoms with E-state index in [0.717, 1.165) is 39.0 Å². The van der Waals surface area contributed by atoms with E-state index in [1.807, 2.05) is 0 Å². The second-order valence-electron chi connectivity index (χ2n) is 5.55. The van der Waals surface area contributed by atoms with Crippen molar-refractivity contribution in [3.63, 3.8) is 0 Å². The average Bonchev–Trinajstić information content (AvgIpc) is 2.49. The molecule has 2 atom stereocenters. The van der Waals surface area contributed by atoms with Crippen LogP contribution in [0.4, 0.5) is 0 Å². The van der Waals surface area contributed by atoms with Crippen LogP contribution in [0.2, 0.25) is 0 Å². The third-order valence-corrected chi connectivity index (χ3v) is 3.98. The lowest BCUT2D eigenvalue weighted by molar-refractivity contribution is 0.137. The quantitative estimate of drug-likeness (QED) is 0.646. The van der Waals surface area contributed by atoms with Crippen molar-refractivity contribution in [3.8, 4) is 0 Å². The molecule has 0 amide bonds. The molecule has 20 heavy (non-hydrogen) atoms. The maximum Gasteiger partial charge on any atom is 0.0558 e. The first-order valence-electron chi connectivity index (χ1n) is 7.56. The molecule has 1 saturated heterocycles. The molecule has 1 aromatic rings. The number of aliphatic hydroxyl groups is 2. The molecule has 0 aromatic heterocycles. The SMILES string of the molecule is OCCCNC1CC(c2ccccc2)CN(CCO)C1. The molecule has 1 fully saturated rings. The van der Waals surface area contributed by atoms with Crippen molar-refractivity contribution in [2.24, 2.45) is 0 Å². The van der Waals surface area contributed by atoms with Crippen LogP contribution in [0.3, 0.4) is 0 Å². The molecule has 112 valence electrons. The molecule has 1 heterocycles. The van der Waals surface area contributed by atoms with Gasteiger partial charge in [0, 0.05) is 32.3 Å². The summed E-state index contributed by atoms with van der Waals surface area (Å²) in [4.78, 5) is 2.33. The van der Waals surface area contributed by atoms with Crippen LogP contribution in [-0.4, -0.2) is 60.5 Å². The fraction of sp³-hybridized carbons (Fsp3) is 0.625. The summed E-state index contributed by atoms with van der Waals surface area (Å²) >= 11 is 0. The maximum absolute atomic E-state index is 9.18. The van der Waals surface area contributed by atoms with Crippen LogP contribution in [0.25, 0.3) is 0 Å². The van der Waals surface area contributed by atoms with Gasteiger partial charge in [0.25, 0.3) is 0 Å². The Morgan fingerprint density at radius 2 is 1.90 bits per heavy atom. The molecule has 0 spiro atoms. The monoisotopic (exact) mass is 278 g/mol. The highest BCUT2D eigenvalue weighted by atomic mass is 16.3. The van der Waals surface area contributed by atoms with Crippen LogP contribution < -0.4 is 5.32 Å². The minimum Gasteiger partial charge on any atom is -0.396 e. The van der Waals surface area contributed by atoms with Gasteiger partial charge in [-0.05, 0) is 30.9 Å². The number of nitrogens with zero attached hydrogens (tertiary/aromatic N) is 1. The van der Waals surface area contributed by atoms with Crippen LogP contribution in [0, 0.1) is 0 Å². The topological polar surface area (TPSA) is 55.7 Å². The lowest BCUT2D eigenvalue weighted by Crippen LogP contribution is -2.49. The van der Waals surface area contributed by atoms with Gasteiger partial charge < -0.3 is 15.5 Å². The zero-order valence-corrected chi connectivity index (χ0v) is 12.0. The van der Waals surface area contributed by atoms with Crippen molar-refractivity contribution in [1.29, 1.82) is 0 Å². The van der Waals surface area contributed by atoms with Crippen LogP contribution in [0.15, 0.2) is 30.3 Å². The molecule has 0 saturated carbocycles. The Balaban J connectivity index is 1.97. The van der Waals surface area contributed by atoms with Gasteiger partial charge in [0.15, 0.2) is 0 Å². The highest BCUT2D eigenvalue weighted by molar-refractivity contribution is 5.21. The summed E-state index contributed by atoms with van der Waals surface area (Å²) < 4.78 is 0. The number of aliphatic hydroxyl groups excluding tert-OH is 2. The standard InChI is InChI=1S/C16H26N2O2/c19-9-4-7-17-16-11-15(12-18(13-16)8-10-20)14-5-2-1-3-6-14/h1-3,5-6,15-17,19-20H,4,7-13H2. The normalized spacial score (nSPS) is 23.9. The number of rotatable bonds is 7. The molecular weight excluding hydrogens is 252 g/mol. The van der Waals surface area contributed by atoms with E-state index in [1.54, 1.807) is 0 Å². The van der Waals surface area contributed by atoms with E-state index in [2.05, 4.69) is 40.5 Å². The lowest BCUT2D eigenvalue weighted by atomic mass is 9.88. The van der Waals surface area contributed by atoms with E-state index in [9.17, 15) is 5.11 Å². The number of piperidine rings is 1. The summed E-state index contributed by atoms with van der Waals surface area (Å²) in [5, 5.41) is 21.6. The van der Waals surface area contributed by atoms with Crippen LogP contribution in [0.5, 0.6) is 0 Å². The van der Waals surface area contributed by atoms with Gasteiger partial charge in [-0.3, -0.25) is 4.90 Å². The van der Waals surface area contributed by atoms with E-state index in [0.29, 0.717) is 12.0 Å². The predicted octanol–water partition coefficient (Wildman–Crippen LogP) is 0.809. The van der Waals surface area contributed by atoms with Gasteiger partial charge in [-0.15, -0.1) is 0 Å². The number of hydrogen-bond donors (Lipinski definition) is 3. The predicted molar refractivity (Wildman–Crippen MR) is 80.8 cm³/mol. The van der Waals surface area contributed by atoms with Gasteiger partial charge in [-0.25, -0.2) is 0 Å². The third kappa shape index (κ3) is 4.56. The summed E-state index contributed by atoms with van der Waals surface area (Å²) in [7, 11) is 0. The molecule has 0 bridgehead atoms. The summed E-state index contributed by atoms with van der Waals surface area (Å²) in [6.07, 6.45) is 1.92. The third-order valence-electron chi connectivity index (χ3n) is 3.98. The average molecular weight is 278 g/mol. The van der Waals surface area contributed by atoms with Crippen molar-refractivity contribution in [1.82, 2.24) is 10.2 Å². The molecule has 3 N–H and O–H groups in total. The Bertz CT molecular complexity index is 372. The number of hydrogen-bond acceptors (Lipinski definition) is 4. The fourth-order valence-electron chi connectivity index (χ4n) is 3.01. The first-order valence-corrected chi connectivity index (χ1v) is 7.56. The maximum atomic E-state index is 9.18. The minimum atomic E-state index is 0.213. The molecule has 2 rings (SSSR count). The molecule has 4 heteroatoms. The van der Waals surface area contributed by atoms with E-state index >= 15 is 0 Å². The van der Waals surface area contributed by atoms with E-state index < -0.39 is 0 Å². The van der Waals surface area contributed by atoms with Crippen molar-refractivity contribution < 1.29 is 10.2 Å². The van der Waals surface area contributed by atoms with Crippen LogP contribution >= 0.6 is 0 Å². The molecular formula is C16H26N2O2. The summed E-state index contributed by atoms with van der Waals surface area (Å²) in [5.74, 6) is 0.517. The second kappa shape index (κ2) is 8.37. The Kier molecular flexibility index (Phi) is 6.47. The first-order chi connectivity index (χ1) is 9.83. The molecule has 1 aliphatic rings. The molecule has 1 aliphatic heterocycles. The minimum absolute atomic E-state index is 0.213. The second-order valence-corrected chi connectivity index (χ2v) is 5.55. The molecule has 1 aromatic carbocycles. The Labute approximate surface area is 121 Å². The van der Waals surface area contributed by atoms with Gasteiger partial charge in [-0.1, -0.05) is 30.3 Å². The zero-order chi connectivity index (χ0) is 14.2. The fourth-order valence-corrected chi connectivity index (χ4v) is 3.01. The number of benzene rings is 1. The van der Waals surface area contributed by atoms with Gasteiger partial charge in [-0.2, -0.15) is 0 Å².